The average molecular weight is 435 g/mol. The first-order valence-corrected chi connectivity index (χ1v) is 11.0. The molecular weight excluding hydrogens is 407 g/mol. The van der Waals surface area contributed by atoms with Crippen LogP contribution in [-0.4, -0.2) is 48.7 Å². The van der Waals surface area contributed by atoms with Crippen molar-refractivity contribution >= 4 is 11.6 Å². The molecule has 2 saturated heterocycles. The zero-order valence-corrected chi connectivity index (χ0v) is 17.5. The van der Waals surface area contributed by atoms with Crippen molar-refractivity contribution in [1.29, 1.82) is 5.26 Å². The molecule has 2 heterocycles. The summed E-state index contributed by atoms with van der Waals surface area (Å²) in [5.74, 6) is 0.634. The molecule has 1 aromatic rings. The fourth-order valence-electron chi connectivity index (χ4n) is 5.62. The van der Waals surface area contributed by atoms with Crippen LogP contribution in [0, 0.1) is 28.6 Å². The Bertz CT molecular complexity index is 876. The van der Waals surface area contributed by atoms with Crippen LogP contribution in [0.2, 0.25) is 0 Å². The van der Waals surface area contributed by atoms with Gasteiger partial charge in [0.15, 0.2) is 0 Å². The molecule has 168 valence electrons. The molecule has 1 N–H and O–H groups in total. The predicted molar refractivity (Wildman–Crippen MR) is 109 cm³/mol. The van der Waals surface area contributed by atoms with Gasteiger partial charge in [-0.25, -0.2) is 0 Å². The van der Waals surface area contributed by atoms with E-state index in [2.05, 4.69) is 0 Å². The van der Waals surface area contributed by atoms with Gasteiger partial charge in [0.25, 0.3) is 0 Å². The van der Waals surface area contributed by atoms with Gasteiger partial charge in [-0.2, -0.15) is 18.4 Å². The maximum Gasteiger partial charge on any atom is 0.417 e. The van der Waals surface area contributed by atoms with Gasteiger partial charge < -0.3 is 14.9 Å². The van der Waals surface area contributed by atoms with Crippen molar-refractivity contribution in [3.63, 3.8) is 0 Å². The van der Waals surface area contributed by atoms with E-state index in [1.54, 1.807) is 12.1 Å². The standard InChI is InChI=1S/C23H28F3N3O2/c24-23(25,26)20-10-19(6-5-17(20)11-27)29-13-18-12-28(8-7-22(18,14-29)15-30)21(31)9-16-3-1-2-4-16/h5-6,10,16,18,30H,1-4,7-9,12-15H2/t18-,22+/m1/s1. The van der Waals surface area contributed by atoms with Gasteiger partial charge in [-0.3, -0.25) is 4.79 Å². The zero-order chi connectivity index (χ0) is 22.2. The summed E-state index contributed by atoms with van der Waals surface area (Å²) in [4.78, 5) is 16.6. The number of likely N-dealkylation sites (tertiary alicyclic amines) is 1. The van der Waals surface area contributed by atoms with Gasteiger partial charge in [-0.1, -0.05) is 12.8 Å². The van der Waals surface area contributed by atoms with Gasteiger partial charge in [0.2, 0.25) is 5.91 Å². The molecule has 3 aliphatic rings. The number of fused-ring (bicyclic) bond motifs is 1. The highest BCUT2D eigenvalue weighted by Gasteiger charge is 2.50. The van der Waals surface area contributed by atoms with Crippen LogP contribution in [0.3, 0.4) is 0 Å². The number of carbonyl (C=O) groups is 1. The van der Waals surface area contributed by atoms with E-state index in [9.17, 15) is 23.1 Å². The van der Waals surface area contributed by atoms with E-state index < -0.39 is 22.7 Å². The van der Waals surface area contributed by atoms with Gasteiger partial charge >= 0.3 is 6.18 Å². The second-order valence-electron chi connectivity index (χ2n) is 9.38. The number of alkyl halides is 3. The molecule has 4 rings (SSSR count). The van der Waals surface area contributed by atoms with Crippen molar-refractivity contribution in [3.8, 4) is 6.07 Å². The first kappa shape index (κ1) is 21.9. The summed E-state index contributed by atoms with van der Waals surface area (Å²) < 4.78 is 40.2. The van der Waals surface area contributed by atoms with Gasteiger partial charge in [0.1, 0.15) is 0 Å². The maximum atomic E-state index is 13.4. The molecule has 0 aromatic heterocycles. The minimum absolute atomic E-state index is 0.00348. The van der Waals surface area contributed by atoms with Crippen LogP contribution in [0.5, 0.6) is 0 Å². The Morgan fingerprint density at radius 3 is 2.65 bits per heavy atom. The van der Waals surface area contributed by atoms with Crippen LogP contribution in [0.15, 0.2) is 18.2 Å². The number of carbonyl (C=O) groups excluding carboxylic acids is 1. The normalized spacial score (nSPS) is 26.7. The lowest BCUT2D eigenvalue weighted by Gasteiger charge is -2.42. The molecule has 0 unspecified atom stereocenters. The first-order chi connectivity index (χ1) is 14.8. The first-order valence-electron chi connectivity index (χ1n) is 11.0. The molecule has 8 heteroatoms. The molecule has 1 saturated carbocycles. The highest BCUT2D eigenvalue weighted by molar-refractivity contribution is 5.76. The molecule has 0 bridgehead atoms. The predicted octanol–water partition coefficient (Wildman–Crippen LogP) is 3.80. The van der Waals surface area contributed by atoms with Crippen molar-refractivity contribution in [2.45, 2.75) is 44.7 Å². The van der Waals surface area contributed by atoms with Crippen LogP contribution < -0.4 is 4.90 Å². The molecule has 31 heavy (non-hydrogen) atoms. The molecule has 1 amide bonds. The number of aliphatic hydroxyl groups excluding tert-OH is 1. The number of nitrogens with zero attached hydrogens (tertiary/aromatic N) is 3. The maximum absolute atomic E-state index is 13.4. The van der Waals surface area contributed by atoms with Crippen molar-refractivity contribution in [1.82, 2.24) is 4.90 Å². The molecule has 0 spiro atoms. The average Bonchev–Trinajstić information content (AvgIpc) is 3.39. The van der Waals surface area contributed by atoms with E-state index in [0.717, 1.165) is 18.9 Å². The number of hydrogen-bond donors (Lipinski definition) is 1. The number of anilines is 1. The number of benzene rings is 1. The summed E-state index contributed by atoms with van der Waals surface area (Å²) in [6.45, 7) is 1.99. The van der Waals surface area contributed by atoms with Crippen molar-refractivity contribution in [2.24, 2.45) is 17.3 Å². The van der Waals surface area contributed by atoms with E-state index in [-0.39, 0.29) is 18.4 Å². The number of aliphatic hydroxyl groups is 1. The molecule has 1 aliphatic carbocycles. The highest BCUT2D eigenvalue weighted by atomic mass is 19.4. The smallest absolute Gasteiger partial charge is 0.396 e. The van der Waals surface area contributed by atoms with E-state index in [1.165, 1.54) is 18.9 Å². The van der Waals surface area contributed by atoms with Gasteiger partial charge in [0, 0.05) is 49.6 Å². The number of piperidine rings is 1. The van der Waals surface area contributed by atoms with Crippen LogP contribution in [0.1, 0.15) is 49.7 Å². The highest BCUT2D eigenvalue weighted by Crippen LogP contribution is 2.45. The second-order valence-corrected chi connectivity index (χ2v) is 9.38. The summed E-state index contributed by atoms with van der Waals surface area (Å²) in [6.07, 6.45) is 1.21. The Morgan fingerprint density at radius 1 is 1.26 bits per heavy atom. The van der Waals surface area contributed by atoms with Crippen molar-refractivity contribution in [2.75, 3.05) is 37.7 Å². The Kier molecular flexibility index (Phi) is 5.91. The van der Waals surface area contributed by atoms with E-state index >= 15 is 0 Å². The fraction of sp³-hybridized carbons (Fsp3) is 0.652. The number of amides is 1. The Morgan fingerprint density at radius 2 is 2.00 bits per heavy atom. The van der Waals surface area contributed by atoms with Crippen LogP contribution in [0.4, 0.5) is 18.9 Å². The number of hydrogen-bond acceptors (Lipinski definition) is 4. The minimum Gasteiger partial charge on any atom is -0.396 e. The third kappa shape index (κ3) is 4.25. The van der Waals surface area contributed by atoms with E-state index in [1.807, 2.05) is 9.80 Å². The summed E-state index contributed by atoms with van der Waals surface area (Å²) in [5, 5.41) is 19.2. The van der Waals surface area contributed by atoms with Crippen LogP contribution in [-0.2, 0) is 11.0 Å². The molecule has 0 radical (unpaired) electrons. The summed E-state index contributed by atoms with van der Waals surface area (Å²) in [5.41, 5.74) is -1.35. The van der Waals surface area contributed by atoms with Gasteiger partial charge in [-0.05, 0) is 43.4 Å². The number of halogens is 3. The zero-order valence-electron chi connectivity index (χ0n) is 17.5. The van der Waals surface area contributed by atoms with Crippen molar-refractivity contribution in [3.05, 3.63) is 29.3 Å². The summed E-state index contributed by atoms with van der Waals surface area (Å²) >= 11 is 0. The van der Waals surface area contributed by atoms with Gasteiger partial charge in [-0.15, -0.1) is 0 Å². The van der Waals surface area contributed by atoms with Crippen LogP contribution >= 0.6 is 0 Å². The number of rotatable bonds is 4. The van der Waals surface area contributed by atoms with Crippen LogP contribution in [0.25, 0.3) is 0 Å². The van der Waals surface area contributed by atoms with Gasteiger partial charge in [0.05, 0.1) is 23.8 Å². The molecule has 2 aliphatic heterocycles. The third-order valence-electron chi connectivity index (χ3n) is 7.53. The lowest BCUT2D eigenvalue weighted by Crippen LogP contribution is -2.50. The lowest BCUT2D eigenvalue weighted by atomic mass is 9.73. The quantitative estimate of drug-likeness (QED) is 0.781. The molecule has 3 fully saturated rings. The van der Waals surface area contributed by atoms with E-state index in [4.69, 9.17) is 5.26 Å². The second kappa shape index (κ2) is 8.34. The fourth-order valence-corrected chi connectivity index (χ4v) is 5.62. The number of nitriles is 1. The largest absolute Gasteiger partial charge is 0.417 e. The van der Waals surface area contributed by atoms with Crippen molar-refractivity contribution < 1.29 is 23.1 Å². The Hall–Kier alpha value is -2.27. The molecule has 1 aromatic carbocycles. The summed E-state index contributed by atoms with van der Waals surface area (Å²) in [6, 6.07) is 5.40. The monoisotopic (exact) mass is 435 g/mol. The third-order valence-corrected chi connectivity index (χ3v) is 7.53. The SMILES string of the molecule is N#Cc1ccc(N2C[C@H]3CN(C(=O)CC4CCCC4)CC[C@@]3(CO)C2)cc1C(F)(F)F. The topological polar surface area (TPSA) is 67.6 Å². The van der Waals surface area contributed by atoms with E-state index in [0.29, 0.717) is 50.6 Å². The Labute approximate surface area is 180 Å². The molecular formula is C23H28F3N3O2. The summed E-state index contributed by atoms with van der Waals surface area (Å²) in [7, 11) is 0. The molecule has 5 nitrogen and oxygen atoms in total. The lowest BCUT2D eigenvalue weighted by molar-refractivity contribution is -0.138. The molecule has 2 atom stereocenters. The minimum atomic E-state index is -4.61. The Balaban J connectivity index is 1.50.